The lowest BCUT2D eigenvalue weighted by atomic mass is 10.0. The number of benzene rings is 3. The van der Waals surface area contributed by atoms with Crippen molar-refractivity contribution >= 4 is 29.0 Å². The minimum Gasteiger partial charge on any atom is -0.482 e. The van der Waals surface area contributed by atoms with E-state index >= 15 is 0 Å². The number of hydrogen-bond acceptors (Lipinski definition) is 5. The molecule has 6 nitrogen and oxygen atoms in total. The van der Waals surface area contributed by atoms with Gasteiger partial charge in [-0.15, -0.1) is 0 Å². The zero-order chi connectivity index (χ0) is 22.5. The summed E-state index contributed by atoms with van der Waals surface area (Å²) in [4.78, 5) is 38.3. The first-order valence-corrected chi connectivity index (χ1v) is 10.4. The summed E-state index contributed by atoms with van der Waals surface area (Å²) < 4.78 is 10.6. The van der Waals surface area contributed by atoms with Gasteiger partial charge in [0.15, 0.2) is 19.0 Å². The zero-order valence-electron chi connectivity index (χ0n) is 17.7. The molecule has 0 aromatic heterocycles. The Kier molecular flexibility index (Phi) is 6.31. The highest BCUT2D eigenvalue weighted by molar-refractivity contribution is 6.03. The maximum absolute atomic E-state index is 13.1. The van der Waals surface area contributed by atoms with Crippen molar-refractivity contribution in [2.75, 3.05) is 18.1 Å². The van der Waals surface area contributed by atoms with Gasteiger partial charge >= 0.3 is 5.97 Å². The molecule has 0 unspecified atom stereocenters. The third kappa shape index (κ3) is 4.70. The Morgan fingerprint density at radius 2 is 1.34 bits per heavy atom. The number of anilines is 2. The number of ketones is 1. The molecule has 0 saturated carbocycles. The number of ether oxygens (including phenoxy) is 2. The van der Waals surface area contributed by atoms with Gasteiger partial charge in [-0.1, -0.05) is 36.4 Å². The van der Waals surface area contributed by atoms with Gasteiger partial charge in [-0.3, -0.25) is 14.5 Å². The fraction of sp³-hybridized carbons (Fsp3) is 0.192. The molecule has 1 amide bonds. The highest BCUT2D eigenvalue weighted by Crippen LogP contribution is 2.35. The quantitative estimate of drug-likeness (QED) is 0.432. The molecule has 4 rings (SSSR count). The van der Waals surface area contributed by atoms with Crippen molar-refractivity contribution in [3.63, 3.8) is 0 Å². The van der Waals surface area contributed by atoms with E-state index in [4.69, 9.17) is 9.47 Å². The number of esters is 1. The van der Waals surface area contributed by atoms with Gasteiger partial charge in [0.25, 0.3) is 5.91 Å². The summed E-state index contributed by atoms with van der Waals surface area (Å²) in [7, 11) is 0. The summed E-state index contributed by atoms with van der Waals surface area (Å²) in [6.45, 7) is 0.749. The van der Waals surface area contributed by atoms with Gasteiger partial charge in [-0.05, 0) is 67.3 Å². The average Bonchev–Trinajstić information content (AvgIpc) is 2.98. The van der Waals surface area contributed by atoms with E-state index in [0.29, 0.717) is 11.3 Å². The van der Waals surface area contributed by atoms with Gasteiger partial charge < -0.3 is 9.47 Å². The summed E-state index contributed by atoms with van der Waals surface area (Å²) in [5.74, 6) is -0.587. The van der Waals surface area contributed by atoms with Crippen molar-refractivity contribution in [2.45, 2.75) is 19.8 Å². The van der Waals surface area contributed by atoms with Crippen LogP contribution in [0, 0.1) is 0 Å². The first-order valence-electron chi connectivity index (χ1n) is 10.4. The van der Waals surface area contributed by atoms with Crippen molar-refractivity contribution in [2.24, 2.45) is 0 Å². The average molecular weight is 429 g/mol. The molecule has 0 bridgehead atoms. The number of nitrogens with zero attached hydrogens (tertiary/aromatic N) is 1. The van der Waals surface area contributed by atoms with Crippen LogP contribution in [0.25, 0.3) is 0 Å². The van der Waals surface area contributed by atoms with Crippen LogP contribution in [0.4, 0.5) is 11.4 Å². The predicted molar refractivity (Wildman–Crippen MR) is 120 cm³/mol. The Bertz CT molecular complexity index is 1110. The van der Waals surface area contributed by atoms with E-state index in [1.165, 1.54) is 6.92 Å². The van der Waals surface area contributed by atoms with E-state index in [0.717, 1.165) is 35.3 Å². The van der Waals surface area contributed by atoms with Gasteiger partial charge in [0.1, 0.15) is 5.75 Å². The minimum atomic E-state index is -0.648. The van der Waals surface area contributed by atoms with Crippen LogP contribution in [-0.2, 0) is 27.2 Å². The molecule has 0 N–H and O–H groups in total. The van der Waals surface area contributed by atoms with Gasteiger partial charge in [0, 0.05) is 5.56 Å². The number of rotatable bonds is 6. The van der Waals surface area contributed by atoms with Gasteiger partial charge in [0.05, 0.1) is 11.4 Å². The van der Waals surface area contributed by atoms with Crippen molar-refractivity contribution in [1.82, 2.24) is 0 Å². The van der Waals surface area contributed by atoms with E-state index in [1.54, 1.807) is 29.2 Å². The topological polar surface area (TPSA) is 72.9 Å². The fourth-order valence-corrected chi connectivity index (χ4v) is 3.73. The molecule has 0 fully saturated rings. The van der Waals surface area contributed by atoms with Gasteiger partial charge in [-0.2, -0.15) is 0 Å². The van der Waals surface area contributed by atoms with Crippen LogP contribution in [0.5, 0.6) is 5.75 Å². The smallest absolute Gasteiger partial charge is 0.344 e. The molecular formula is C26H23NO5. The lowest BCUT2D eigenvalue weighted by Gasteiger charge is -2.24. The summed E-state index contributed by atoms with van der Waals surface area (Å²) in [5, 5.41) is 0. The highest BCUT2D eigenvalue weighted by atomic mass is 16.6. The number of para-hydroxylation sites is 2. The minimum absolute atomic E-state index is 0.0499. The van der Waals surface area contributed by atoms with Crippen LogP contribution in [0.2, 0.25) is 0 Å². The monoisotopic (exact) mass is 429 g/mol. The number of aryl methyl sites for hydroxylation is 2. The lowest BCUT2D eigenvalue weighted by Crippen LogP contribution is -2.32. The Balaban J connectivity index is 1.41. The largest absolute Gasteiger partial charge is 0.482 e. The maximum atomic E-state index is 13.1. The number of fused-ring (bicyclic) bond motifs is 2. The SMILES string of the molecule is CC(=O)c1ccc(OCC(=O)OCC(=O)N2c3ccccc3CCc3ccccc32)cc1. The fourth-order valence-electron chi connectivity index (χ4n) is 3.73. The number of hydrogen-bond donors (Lipinski definition) is 0. The lowest BCUT2D eigenvalue weighted by molar-refractivity contribution is -0.149. The summed E-state index contributed by atoms with van der Waals surface area (Å²) in [5.41, 5.74) is 4.31. The van der Waals surface area contributed by atoms with E-state index in [9.17, 15) is 14.4 Å². The Morgan fingerprint density at radius 1 is 0.781 bits per heavy atom. The molecule has 0 radical (unpaired) electrons. The first kappa shape index (κ1) is 21.3. The molecule has 0 aliphatic carbocycles. The first-order chi connectivity index (χ1) is 15.5. The van der Waals surface area contributed by atoms with E-state index < -0.39 is 12.6 Å². The second-order valence-corrected chi connectivity index (χ2v) is 7.52. The van der Waals surface area contributed by atoms with Crippen LogP contribution in [-0.4, -0.2) is 30.9 Å². The van der Waals surface area contributed by atoms with Crippen LogP contribution in [0.3, 0.4) is 0 Å². The van der Waals surface area contributed by atoms with Crippen LogP contribution in [0.15, 0.2) is 72.8 Å². The molecule has 32 heavy (non-hydrogen) atoms. The van der Waals surface area contributed by atoms with Crippen LogP contribution >= 0.6 is 0 Å². The molecule has 6 heteroatoms. The second kappa shape index (κ2) is 9.47. The standard InChI is InChI=1S/C26H23NO5/c1-18(28)19-12-14-22(15-13-19)31-17-26(30)32-16-25(29)27-23-8-4-2-6-20(23)10-11-21-7-3-5-9-24(21)27/h2-9,12-15H,10-11,16-17H2,1H3. The normalized spacial score (nSPS) is 12.2. The molecule has 1 aliphatic heterocycles. The Morgan fingerprint density at radius 3 is 1.91 bits per heavy atom. The van der Waals surface area contributed by atoms with Crippen molar-refractivity contribution < 1.29 is 23.9 Å². The molecule has 0 saturated heterocycles. The van der Waals surface area contributed by atoms with Gasteiger partial charge in [-0.25, -0.2) is 4.79 Å². The number of carbonyl (C=O) groups excluding carboxylic acids is 3. The molecule has 3 aromatic carbocycles. The summed E-state index contributed by atoms with van der Waals surface area (Å²) in [6, 6.07) is 22.0. The van der Waals surface area contributed by atoms with E-state index in [-0.39, 0.29) is 18.3 Å². The van der Waals surface area contributed by atoms with Gasteiger partial charge in [0.2, 0.25) is 0 Å². The Hall–Kier alpha value is -3.93. The molecule has 3 aromatic rings. The van der Waals surface area contributed by atoms with Crippen LogP contribution < -0.4 is 9.64 Å². The van der Waals surface area contributed by atoms with Crippen molar-refractivity contribution in [1.29, 1.82) is 0 Å². The predicted octanol–water partition coefficient (Wildman–Crippen LogP) is 4.27. The van der Waals surface area contributed by atoms with E-state index in [1.807, 2.05) is 48.5 Å². The summed E-state index contributed by atoms with van der Waals surface area (Å²) in [6.07, 6.45) is 1.65. The van der Waals surface area contributed by atoms with E-state index in [2.05, 4.69) is 0 Å². The zero-order valence-corrected chi connectivity index (χ0v) is 17.7. The second-order valence-electron chi connectivity index (χ2n) is 7.52. The molecule has 1 aliphatic rings. The third-order valence-electron chi connectivity index (χ3n) is 5.35. The molecule has 1 heterocycles. The third-order valence-corrected chi connectivity index (χ3v) is 5.35. The Labute approximate surface area is 186 Å². The molecule has 0 atom stereocenters. The van der Waals surface area contributed by atoms with Crippen LogP contribution in [0.1, 0.15) is 28.4 Å². The number of amides is 1. The maximum Gasteiger partial charge on any atom is 0.344 e. The van der Waals surface area contributed by atoms with Crippen molar-refractivity contribution in [3.05, 3.63) is 89.5 Å². The molecule has 162 valence electrons. The molecular weight excluding hydrogens is 406 g/mol. The molecule has 0 spiro atoms. The number of carbonyl (C=O) groups is 3. The highest BCUT2D eigenvalue weighted by Gasteiger charge is 2.26. The number of Topliss-reactive ketones (excluding diaryl/α,β-unsaturated/α-hetero) is 1. The van der Waals surface area contributed by atoms with Crippen molar-refractivity contribution in [3.8, 4) is 5.75 Å². The summed E-state index contributed by atoms with van der Waals surface area (Å²) >= 11 is 0.